The SMILES string of the molecule is O=C(O)Cc1cc(Cl)ccc1C(O)C(O)CC(=O)O. The lowest BCUT2D eigenvalue weighted by molar-refractivity contribution is -0.141. The number of carbonyl (C=O) groups is 2. The summed E-state index contributed by atoms with van der Waals surface area (Å²) < 4.78 is 0. The lowest BCUT2D eigenvalue weighted by atomic mass is 9.95. The van der Waals surface area contributed by atoms with Gasteiger partial charge in [0.25, 0.3) is 0 Å². The maximum atomic E-state index is 10.7. The molecule has 7 heteroatoms. The summed E-state index contributed by atoms with van der Waals surface area (Å²) in [6, 6.07) is 4.16. The van der Waals surface area contributed by atoms with E-state index in [4.69, 9.17) is 21.8 Å². The summed E-state index contributed by atoms with van der Waals surface area (Å²) in [4.78, 5) is 21.2. The molecule has 2 unspecified atom stereocenters. The average Bonchev–Trinajstić information content (AvgIpc) is 2.26. The molecule has 1 aromatic rings. The molecule has 1 rings (SSSR count). The summed E-state index contributed by atoms with van der Waals surface area (Å²) in [5, 5.41) is 37.0. The quantitative estimate of drug-likeness (QED) is 0.616. The van der Waals surface area contributed by atoms with Crippen molar-refractivity contribution < 1.29 is 30.0 Å². The summed E-state index contributed by atoms with van der Waals surface area (Å²) in [7, 11) is 0. The van der Waals surface area contributed by atoms with Gasteiger partial charge in [-0.25, -0.2) is 0 Å². The molecule has 104 valence electrons. The number of benzene rings is 1. The second-order valence-electron chi connectivity index (χ2n) is 4.02. The third kappa shape index (κ3) is 4.51. The van der Waals surface area contributed by atoms with E-state index >= 15 is 0 Å². The van der Waals surface area contributed by atoms with Crippen LogP contribution < -0.4 is 0 Å². The van der Waals surface area contributed by atoms with E-state index in [2.05, 4.69) is 0 Å². The molecule has 0 aromatic heterocycles. The number of aliphatic hydroxyl groups is 2. The van der Waals surface area contributed by atoms with E-state index in [-0.39, 0.29) is 17.5 Å². The lowest BCUT2D eigenvalue weighted by Crippen LogP contribution is -2.23. The Labute approximate surface area is 113 Å². The van der Waals surface area contributed by atoms with Crippen molar-refractivity contribution in [2.45, 2.75) is 25.0 Å². The van der Waals surface area contributed by atoms with Gasteiger partial charge in [0.15, 0.2) is 0 Å². The molecule has 4 N–H and O–H groups in total. The highest BCUT2D eigenvalue weighted by Gasteiger charge is 2.24. The molecule has 0 saturated carbocycles. The minimum Gasteiger partial charge on any atom is -0.481 e. The molecule has 19 heavy (non-hydrogen) atoms. The van der Waals surface area contributed by atoms with Crippen LogP contribution in [0.15, 0.2) is 18.2 Å². The van der Waals surface area contributed by atoms with Gasteiger partial charge in [-0.15, -0.1) is 0 Å². The fraction of sp³-hybridized carbons (Fsp3) is 0.333. The molecule has 0 heterocycles. The van der Waals surface area contributed by atoms with Gasteiger partial charge in [-0.05, 0) is 23.3 Å². The highest BCUT2D eigenvalue weighted by Crippen LogP contribution is 2.26. The molecule has 0 aliphatic rings. The van der Waals surface area contributed by atoms with Gasteiger partial charge in [0, 0.05) is 5.02 Å². The molecule has 1 aromatic carbocycles. The van der Waals surface area contributed by atoms with Crippen LogP contribution in [0.3, 0.4) is 0 Å². The third-order valence-electron chi connectivity index (χ3n) is 2.51. The van der Waals surface area contributed by atoms with E-state index in [0.29, 0.717) is 5.02 Å². The van der Waals surface area contributed by atoms with Crippen LogP contribution in [-0.2, 0) is 16.0 Å². The van der Waals surface area contributed by atoms with Gasteiger partial charge < -0.3 is 20.4 Å². The molecule has 0 spiro atoms. The first-order valence-corrected chi connectivity index (χ1v) is 5.77. The Kier molecular flexibility index (Phi) is 5.29. The van der Waals surface area contributed by atoms with Gasteiger partial charge in [-0.2, -0.15) is 0 Å². The maximum Gasteiger partial charge on any atom is 0.307 e. The summed E-state index contributed by atoms with van der Waals surface area (Å²) >= 11 is 5.74. The monoisotopic (exact) mass is 288 g/mol. The Balaban J connectivity index is 3.03. The fourth-order valence-corrected chi connectivity index (χ4v) is 1.87. The summed E-state index contributed by atoms with van der Waals surface area (Å²) in [5.74, 6) is -2.39. The molecule has 0 radical (unpaired) electrons. The Morgan fingerprint density at radius 3 is 2.32 bits per heavy atom. The smallest absolute Gasteiger partial charge is 0.307 e. The van der Waals surface area contributed by atoms with Crippen LogP contribution in [0.1, 0.15) is 23.7 Å². The second kappa shape index (κ2) is 6.51. The largest absolute Gasteiger partial charge is 0.481 e. The van der Waals surface area contributed by atoms with Crippen molar-refractivity contribution >= 4 is 23.5 Å². The zero-order valence-corrected chi connectivity index (χ0v) is 10.5. The Bertz CT molecular complexity index is 487. The number of aliphatic carboxylic acids is 2. The van der Waals surface area contributed by atoms with E-state index in [1.807, 2.05) is 0 Å². The van der Waals surface area contributed by atoms with Crippen molar-refractivity contribution in [3.05, 3.63) is 34.3 Å². The topological polar surface area (TPSA) is 115 Å². The van der Waals surface area contributed by atoms with Crippen molar-refractivity contribution in [1.82, 2.24) is 0 Å². The number of carboxylic acid groups (broad SMARTS) is 2. The minimum atomic E-state index is -1.52. The zero-order valence-electron chi connectivity index (χ0n) is 9.78. The van der Waals surface area contributed by atoms with Crippen LogP contribution in [0.25, 0.3) is 0 Å². The third-order valence-corrected chi connectivity index (χ3v) is 2.75. The number of rotatable bonds is 6. The van der Waals surface area contributed by atoms with Crippen molar-refractivity contribution in [3.63, 3.8) is 0 Å². The van der Waals surface area contributed by atoms with Crippen LogP contribution in [0, 0.1) is 0 Å². The van der Waals surface area contributed by atoms with Gasteiger partial charge in [0.2, 0.25) is 0 Å². The normalized spacial score (nSPS) is 13.8. The Morgan fingerprint density at radius 1 is 1.16 bits per heavy atom. The van der Waals surface area contributed by atoms with E-state index in [9.17, 15) is 19.8 Å². The summed E-state index contributed by atoms with van der Waals surface area (Å²) in [6.07, 6.45) is -4.03. The first kappa shape index (κ1) is 15.4. The predicted molar refractivity (Wildman–Crippen MR) is 66.0 cm³/mol. The molecule has 6 nitrogen and oxygen atoms in total. The molecule has 0 amide bonds. The minimum absolute atomic E-state index is 0.153. The molecule has 2 atom stereocenters. The van der Waals surface area contributed by atoms with Crippen molar-refractivity contribution in [2.24, 2.45) is 0 Å². The number of aliphatic hydroxyl groups excluding tert-OH is 2. The Morgan fingerprint density at radius 2 is 1.79 bits per heavy atom. The second-order valence-corrected chi connectivity index (χ2v) is 4.46. The molecular formula is C12H13ClO6. The highest BCUT2D eigenvalue weighted by atomic mass is 35.5. The lowest BCUT2D eigenvalue weighted by Gasteiger charge is -2.19. The van der Waals surface area contributed by atoms with Gasteiger partial charge in [-0.3, -0.25) is 9.59 Å². The molecule has 0 aliphatic heterocycles. The molecular weight excluding hydrogens is 276 g/mol. The number of hydrogen-bond acceptors (Lipinski definition) is 4. The van der Waals surface area contributed by atoms with E-state index < -0.39 is 30.6 Å². The predicted octanol–water partition coefficient (Wildman–Crippen LogP) is 0.836. The summed E-state index contributed by atoms with van der Waals surface area (Å²) in [6.45, 7) is 0. The molecule has 0 aliphatic carbocycles. The van der Waals surface area contributed by atoms with Crippen LogP contribution in [0.4, 0.5) is 0 Å². The fourth-order valence-electron chi connectivity index (χ4n) is 1.68. The van der Waals surface area contributed by atoms with E-state index in [1.165, 1.54) is 18.2 Å². The van der Waals surface area contributed by atoms with Crippen LogP contribution in [-0.4, -0.2) is 38.5 Å². The van der Waals surface area contributed by atoms with Crippen molar-refractivity contribution in [1.29, 1.82) is 0 Å². The average molecular weight is 289 g/mol. The van der Waals surface area contributed by atoms with Crippen LogP contribution in [0.5, 0.6) is 0 Å². The van der Waals surface area contributed by atoms with Gasteiger partial charge in [0.1, 0.15) is 6.10 Å². The molecule has 0 saturated heterocycles. The van der Waals surface area contributed by atoms with Gasteiger partial charge >= 0.3 is 11.9 Å². The molecule has 0 fully saturated rings. The van der Waals surface area contributed by atoms with Gasteiger partial charge in [-0.1, -0.05) is 17.7 Å². The number of carboxylic acids is 2. The maximum absolute atomic E-state index is 10.7. The first-order chi connectivity index (χ1) is 8.81. The van der Waals surface area contributed by atoms with Gasteiger partial charge in [0.05, 0.1) is 18.9 Å². The highest BCUT2D eigenvalue weighted by molar-refractivity contribution is 6.30. The number of halogens is 1. The van der Waals surface area contributed by atoms with E-state index in [0.717, 1.165) is 0 Å². The van der Waals surface area contributed by atoms with Crippen LogP contribution >= 0.6 is 11.6 Å². The summed E-state index contributed by atoms with van der Waals surface area (Å²) in [5.41, 5.74) is 0.387. The van der Waals surface area contributed by atoms with E-state index in [1.54, 1.807) is 0 Å². The first-order valence-electron chi connectivity index (χ1n) is 5.39. The zero-order chi connectivity index (χ0) is 14.6. The standard InChI is InChI=1S/C12H13ClO6/c13-7-1-2-8(6(3-7)4-10(15)16)12(19)9(14)5-11(17)18/h1-3,9,12,14,19H,4-5H2,(H,15,16)(H,17,18). The van der Waals surface area contributed by atoms with Crippen molar-refractivity contribution in [2.75, 3.05) is 0 Å². The Hall–Kier alpha value is -1.63. The number of hydrogen-bond donors (Lipinski definition) is 4. The van der Waals surface area contributed by atoms with Crippen LogP contribution in [0.2, 0.25) is 5.02 Å². The van der Waals surface area contributed by atoms with Crippen molar-refractivity contribution in [3.8, 4) is 0 Å². The molecule has 0 bridgehead atoms.